The first-order valence-electron chi connectivity index (χ1n) is 15.1. The summed E-state index contributed by atoms with van der Waals surface area (Å²) in [7, 11) is 3.08. The second kappa shape index (κ2) is 11.2. The minimum absolute atomic E-state index is 0.0363. The van der Waals surface area contributed by atoms with E-state index in [0.29, 0.717) is 33.9 Å². The van der Waals surface area contributed by atoms with Gasteiger partial charge in [0.1, 0.15) is 23.6 Å². The van der Waals surface area contributed by atoms with E-state index >= 15 is 0 Å². The molecule has 242 valence electrons. The lowest BCUT2D eigenvalue weighted by atomic mass is 9.74. The predicted octanol–water partition coefficient (Wildman–Crippen LogP) is 4.44. The number of rotatable bonds is 6. The summed E-state index contributed by atoms with van der Waals surface area (Å²) >= 11 is 0. The van der Waals surface area contributed by atoms with Crippen molar-refractivity contribution in [1.82, 2.24) is 9.80 Å². The molecule has 12 nitrogen and oxygen atoms in total. The molecule has 1 fully saturated rings. The molecule has 4 heterocycles. The Morgan fingerprint density at radius 1 is 1.06 bits per heavy atom. The molecule has 0 unspecified atom stereocenters. The van der Waals surface area contributed by atoms with Gasteiger partial charge in [-0.1, -0.05) is 30.3 Å². The number of nitrogens with zero attached hydrogens (tertiary/aromatic N) is 3. The minimum atomic E-state index is -1.05. The molecule has 0 amide bonds. The number of hydrogen-bond acceptors (Lipinski definition) is 12. The summed E-state index contributed by atoms with van der Waals surface area (Å²) in [5.74, 6) is -0.509. The fourth-order valence-electron chi connectivity index (χ4n) is 7.51. The van der Waals surface area contributed by atoms with Crippen molar-refractivity contribution in [1.29, 1.82) is 5.26 Å². The summed E-state index contributed by atoms with van der Waals surface area (Å²) in [5.41, 5.74) is 3.42. The van der Waals surface area contributed by atoms with Gasteiger partial charge >= 0.3 is 5.97 Å². The molecule has 0 saturated carbocycles. The van der Waals surface area contributed by atoms with Crippen molar-refractivity contribution >= 4 is 17.8 Å². The summed E-state index contributed by atoms with van der Waals surface area (Å²) in [5, 5.41) is 33.7. The van der Waals surface area contributed by atoms with E-state index in [4.69, 9.17) is 23.7 Å². The maximum atomic E-state index is 14.3. The van der Waals surface area contributed by atoms with Crippen LogP contribution < -0.4 is 18.9 Å². The van der Waals surface area contributed by atoms with Gasteiger partial charge in [-0.25, -0.2) is 0 Å². The van der Waals surface area contributed by atoms with E-state index in [0.717, 1.165) is 5.56 Å². The smallest absolute Gasteiger partial charge is 0.308 e. The van der Waals surface area contributed by atoms with Crippen LogP contribution in [0.1, 0.15) is 62.7 Å². The maximum absolute atomic E-state index is 14.3. The van der Waals surface area contributed by atoms with Crippen molar-refractivity contribution < 1.29 is 43.5 Å². The van der Waals surface area contributed by atoms with Crippen LogP contribution in [0.4, 0.5) is 0 Å². The summed E-state index contributed by atoms with van der Waals surface area (Å²) in [6.07, 6.45) is 1.79. The van der Waals surface area contributed by atoms with Gasteiger partial charge in [0, 0.05) is 40.4 Å². The van der Waals surface area contributed by atoms with Crippen LogP contribution in [0.5, 0.6) is 34.5 Å². The molecule has 1 saturated heterocycles. The number of carbonyl (C=O) groups excluding carboxylic acids is 2. The fourth-order valence-corrected chi connectivity index (χ4v) is 7.51. The number of likely N-dealkylation sites (N-methyl/N-ethyl adjacent to an activating group) is 1. The van der Waals surface area contributed by atoms with Gasteiger partial charge in [0.15, 0.2) is 28.8 Å². The third-order valence-corrected chi connectivity index (χ3v) is 9.49. The Balaban J connectivity index is 1.51. The number of fused-ring (bicyclic) bond motifs is 9. The zero-order valence-electron chi connectivity index (χ0n) is 26.5. The number of benzene rings is 3. The first kappa shape index (κ1) is 30.4. The fraction of sp³-hybridized carbons (Fsp3) is 0.343. The highest BCUT2D eigenvalue weighted by molar-refractivity contribution is 6.07. The van der Waals surface area contributed by atoms with E-state index in [1.165, 1.54) is 14.0 Å². The number of ether oxygens (including phenoxy) is 5. The molecule has 2 bridgehead atoms. The predicted molar refractivity (Wildman–Crippen MR) is 166 cm³/mol. The topological polar surface area (TPSA) is 151 Å². The van der Waals surface area contributed by atoms with Crippen molar-refractivity contribution in [3.63, 3.8) is 0 Å². The molecule has 0 aliphatic carbocycles. The quantitative estimate of drug-likeness (QED) is 0.223. The third kappa shape index (κ3) is 4.34. The molecule has 4 aliphatic heterocycles. The van der Waals surface area contributed by atoms with Gasteiger partial charge < -0.3 is 38.8 Å². The Bertz CT molecular complexity index is 1920. The van der Waals surface area contributed by atoms with Gasteiger partial charge in [-0.2, -0.15) is 5.26 Å². The zero-order valence-corrected chi connectivity index (χ0v) is 26.5. The second-order valence-electron chi connectivity index (χ2n) is 12.0. The van der Waals surface area contributed by atoms with Crippen molar-refractivity contribution in [2.45, 2.75) is 51.5 Å². The van der Waals surface area contributed by atoms with Crippen LogP contribution in [0.15, 0.2) is 36.0 Å². The number of esters is 1. The molecule has 4 aliphatic rings. The summed E-state index contributed by atoms with van der Waals surface area (Å²) in [6, 6.07) is 8.36. The van der Waals surface area contributed by atoms with Gasteiger partial charge in [0.05, 0.1) is 44.0 Å². The van der Waals surface area contributed by atoms with E-state index in [1.807, 2.05) is 35.2 Å². The van der Waals surface area contributed by atoms with Gasteiger partial charge in [-0.3, -0.25) is 14.5 Å². The number of piperazine rings is 1. The van der Waals surface area contributed by atoms with Crippen LogP contribution in [-0.4, -0.2) is 71.4 Å². The molecule has 0 aromatic heterocycles. The number of hydrogen-bond donors (Lipinski definition) is 2. The summed E-state index contributed by atoms with van der Waals surface area (Å²) in [4.78, 5) is 30.3. The molecule has 7 rings (SSSR count). The molecular weight excluding hydrogens is 606 g/mol. The molecule has 0 spiro atoms. The number of methoxy groups -OCH3 is 1. The molecule has 0 radical (unpaired) electrons. The number of Topliss-reactive ketones (excluding diaryl/α,β-unsaturated/α-hetero) is 1. The van der Waals surface area contributed by atoms with Crippen LogP contribution in [0.3, 0.4) is 0 Å². The highest BCUT2D eigenvalue weighted by Gasteiger charge is 2.57. The van der Waals surface area contributed by atoms with Crippen LogP contribution in [0.25, 0.3) is 6.08 Å². The highest BCUT2D eigenvalue weighted by atomic mass is 16.7. The first-order valence-corrected chi connectivity index (χ1v) is 15.1. The Kier molecular flexibility index (Phi) is 7.26. The lowest BCUT2D eigenvalue weighted by molar-refractivity contribution is -0.131. The van der Waals surface area contributed by atoms with Gasteiger partial charge in [0.2, 0.25) is 6.79 Å². The minimum Gasteiger partial charge on any atom is -0.507 e. The number of carbonyl (C=O) groups is 2. The van der Waals surface area contributed by atoms with E-state index in [1.54, 1.807) is 31.9 Å². The molecule has 2 N–H and O–H groups in total. The SMILES string of the molecule is COc1c(C)c(O)c2c(c1O)[C@H]1C3=Cc4c(OC(C)=O)c(C)c5c(c4[C@H](COCc4ccccc4)N3[C@@H](C#N)[C@H](C2=O)N1C)OCO5. The van der Waals surface area contributed by atoms with Gasteiger partial charge in [0.25, 0.3) is 0 Å². The zero-order chi connectivity index (χ0) is 33.3. The number of ketones is 1. The summed E-state index contributed by atoms with van der Waals surface area (Å²) < 4.78 is 29.5. The van der Waals surface area contributed by atoms with E-state index in [-0.39, 0.29) is 59.7 Å². The largest absolute Gasteiger partial charge is 0.507 e. The second-order valence-corrected chi connectivity index (χ2v) is 12.0. The summed E-state index contributed by atoms with van der Waals surface area (Å²) in [6.45, 7) is 4.88. The molecule has 12 heteroatoms. The van der Waals surface area contributed by atoms with Crippen molar-refractivity contribution in [3.8, 4) is 40.6 Å². The van der Waals surface area contributed by atoms with Gasteiger partial charge in [-0.15, -0.1) is 0 Å². The average Bonchev–Trinajstić information content (AvgIpc) is 3.54. The van der Waals surface area contributed by atoms with E-state index < -0.39 is 35.9 Å². The Morgan fingerprint density at radius 2 is 1.79 bits per heavy atom. The molecule has 47 heavy (non-hydrogen) atoms. The van der Waals surface area contributed by atoms with E-state index in [2.05, 4.69) is 6.07 Å². The third-order valence-electron chi connectivity index (χ3n) is 9.49. The normalized spacial score (nSPS) is 22.1. The van der Waals surface area contributed by atoms with Crippen LogP contribution >= 0.6 is 0 Å². The number of phenols is 2. The lowest BCUT2D eigenvalue weighted by Crippen LogP contribution is -2.64. The number of aromatic hydroxyl groups is 2. The van der Waals surface area contributed by atoms with Crippen LogP contribution in [-0.2, 0) is 16.1 Å². The Labute approximate surface area is 270 Å². The Hall–Kier alpha value is -5.25. The van der Waals surface area contributed by atoms with Gasteiger partial charge in [-0.05, 0) is 32.5 Å². The average molecular weight is 640 g/mol. The standard InChI is InChI=1S/C35H33N3O9/c1-16-29(40)26-25(31(42)33(16)43-5)27-21-11-20-24(35-34(45-15-46-35)17(2)32(20)47-18(3)39)23(14-44-13-19-9-7-6-8-10-19)38(21)22(12-36)28(30(26)41)37(27)4/h6-11,22-23,27-28,40,42H,13-15H2,1-5H3/t22-,23-,27+,28+/m0/s1. The monoisotopic (exact) mass is 639 g/mol. The van der Waals surface area contributed by atoms with Crippen LogP contribution in [0.2, 0.25) is 0 Å². The molecular formula is C35H33N3O9. The Morgan fingerprint density at radius 3 is 2.47 bits per heavy atom. The van der Waals surface area contributed by atoms with E-state index in [9.17, 15) is 25.1 Å². The van der Waals surface area contributed by atoms with Crippen molar-refractivity contribution in [3.05, 3.63) is 75.0 Å². The maximum Gasteiger partial charge on any atom is 0.308 e. The number of nitriles is 1. The van der Waals surface area contributed by atoms with Crippen molar-refractivity contribution in [2.24, 2.45) is 0 Å². The first-order chi connectivity index (χ1) is 22.6. The number of phenolic OH excluding ortho intramolecular Hbond substituents is 2. The molecule has 4 atom stereocenters. The van der Waals surface area contributed by atoms with Crippen LogP contribution in [0, 0.1) is 25.2 Å². The molecule has 3 aromatic carbocycles. The lowest BCUT2D eigenvalue weighted by Gasteiger charge is -2.56. The highest BCUT2D eigenvalue weighted by Crippen LogP contribution is 2.60. The molecule has 3 aromatic rings. The van der Waals surface area contributed by atoms with Crippen molar-refractivity contribution in [2.75, 3.05) is 27.6 Å².